The second kappa shape index (κ2) is 6.48. The second-order valence-electron chi connectivity index (χ2n) is 4.31. The maximum absolute atomic E-state index is 11.8. The van der Waals surface area contributed by atoms with Crippen LogP contribution in [0.4, 0.5) is 0 Å². The van der Waals surface area contributed by atoms with Gasteiger partial charge in [0.2, 0.25) is 5.91 Å². The average molecular weight is 278 g/mol. The van der Waals surface area contributed by atoms with Crippen molar-refractivity contribution in [3.8, 4) is 0 Å². The first-order valence-corrected chi connectivity index (χ1v) is 6.47. The molecule has 0 heterocycles. The molecule has 1 aliphatic carbocycles. The minimum Gasteiger partial charge on any atom is -0.383 e. The molecule has 0 saturated heterocycles. The van der Waals surface area contributed by atoms with E-state index in [4.69, 9.17) is 4.74 Å². The van der Waals surface area contributed by atoms with Gasteiger partial charge in [0.15, 0.2) is 0 Å². The number of ether oxygens (including phenoxy) is 1. The molecule has 1 N–H and O–H groups in total. The highest BCUT2D eigenvalue weighted by Crippen LogP contribution is 2.31. The van der Waals surface area contributed by atoms with Gasteiger partial charge < -0.3 is 10.1 Å². The van der Waals surface area contributed by atoms with Gasteiger partial charge in [0.05, 0.1) is 11.4 Å². The fourth-order valence-electron chi connectivity index (χ4n) is 2.12. The molecule has 4 heteroatoms. The number of carbonyl (C=O) groups excluding carboxylic acids is 1. The number of methoxy groups -OCH3 is 1. The minimum absolute atomic E-state index is 0.209. The van der Waals surface area contributed by atoms with E-state index in [1.165, 1.54) is 12.8 Å². The Kier molecular flexibility index (Phi) is 5.61. The summed E-state index contributed by atoms with van der Waals surface area (Å²) in [5.74, 6) is 0.981. The van der Waals surface area contributed by atoms with Crippen LogP contribution in [-0.4, -0.2) is 31.0 Å². The molecule has 0 aromatic carbocycles. The summed E-state index contributed by atoms with van der Waals surface area (Å²) in [6, 6.07) is 0. The zero-order valence-electron chi connectivity index (χ0n) is 9.46. The summed E-state index contributed by atoms with van der Waals surface area (Å²) in [6.45, 7) is 3.44. The lowest BCUT2D eigenvalue weighted by atomic mass is 9.97. The molecule has 3 atom stereocenters. The smallest absolute Gasteiger partial charge is 0.223 e. The van der Waals surface area contributed by atoms with Crippen LogP contribution in [0.5, 0.6) is 0 Å². The van der Waals surface area contributed by atoms with E-state index in [9.17, 15) is 4.79 Å². The fourth-order valence-corrected chi connectivity index (χ4v) is 2.54. The second-order valence-corrected chi connectivity index (χ2v) is 5.61. The molecule has 1 aliphatic rings. The Morgan fingerprint density at radius 3 is 2.87 bits per heavy atom. The molecule has 0 aliphatic heterocycles. The summed E-state index contributed by atoms with van der Waals surface area (Å²) >= 11 is 3.45. The number of hydrogen-bond donors (Lipinski definition) is 1. The summed E-state index contributed by atoms with van der Waals surface area (Å²) in [5, 5.41) is 2.97. The third-order valence-electron chi connectivity index (χ3n) is 3.04. The highest BCUT2D eigenvalue weighted by molar-refractivity contribution is 9.09. The van der Waals surface area contributed by atoms with E-state index in [0.717, 1.165) is 6.42 Å². The van der Waals surface area contributed by atoms with Gasteiger partial charge in [0, 0.05) is 19.6 Å². The van der Waals surface area contributed by atoms with Crippen molar-refractivity contribution in [3.05, 3.63) is 0 Å². The summed E-state index contributed by atoms with van der Waals surface area (Å²) < 4.78 is 4.98. The Bertz CT molecular complexity index is 211. The van der Waals surface area contributed by atoms with Gasteiger partial charge in [-0.2, -0.15) is 0 Å². The van der Waals surface area contributed by atoms with Crippen LogP contribution >= 0.6 is 15.9 Å². The van der Waals surface area contributed by atoms with Gasteiger partial charge in [0.1, 0.15) is 0 Å². The lowest BCUT2D eigenvalue weighted by Crippen LogP contribution is -2.36. The molecule has 0 spiro atoms. The Labute approximate surface area is 100 Å². The van der Waals surface area contributed by atoms with E-state index in [2.05, 4.69) is 28.2 Å². The molecular weight excluding hydrogens is 258 g/mol. The molecule has 1 amide bonds. The number of rotatable bonds is 5. The largest absolute Gasteiger partial charge is 0.383 e. The van der Waals surface area contributed by atoms with Gasteiger partial charge in [-0.25, -0.2) is 0 Å². The number of hydrogen-bond acceptors (Lipinski definition) is 2. The molecule has 3 unspecified atom stereocenters. The van der Waals surface area contributed by atoms with E-state index in [1.54, 1.807) is 7.11 Å². The van der Waals surface area contributed by atoms with Gasteiger partial charge in [-0.05, 0) is 18.8 Å². The van der Waals surface area contributed by atoms with Crippen LogP contribution in [0.1, 0.15) is 26.2 Å². The van der Waals surface area contributed by atoms with E-state index in [1.807, 2.05) is 0 Å². The van der Waals surface area contributed by atoms with Crippen LogP contribution in [0.15, 0.2) is 0 Å². The molecule has 0 aromatic rings. The normalized spacial score (nSPS) is 27.7. The van der Waals surface area contributed by atoms with E-state index < -0.39 is 0 Å². The maximum Gasteiger partial charge on any atom is 0.223 e. The molecule has 0 aromatic heterocycles. The number of carbonyl (C=O) groups is 1. The van der Waals surface area contributed by atoms with Crippen molar-refractivity contribution < 1.29 is 9.53 Å². The van der Waals surface area contributed by atoms with Gasteiger partial charge in [-0.1, -0.05) is 29.3 Å². The number of amides is 1. The molecule has 1 fully saturated rings. The topological polar surface area (TPSA) is 38.3 Å². The minimum atomic E-state index is 0.209. The van der Waals surface area contributed by atoms with E-state index in [0.29, 0.717) is 19.1 Å². The van der Waals surface area contributed by atoms with Gasteiger partial charge in [-0.15, -0.1) is 0 Å². The molecule has 0 bridgehead atoms. The maximum atomic E-state index is 11.8. The number of halogens is 1. The standard InChI is InChI=1S/C11H20BrNO2/c1-8-4-3-5-10(8)11(14)13-6-9(12)7-15-2/h8-10H,3-7H2,1-2H3,(H,13,14). The summed E-state index contributed by atoms with van der Waals surface area (Å²) in [5.41, 5.74) is 0. The first-order valence-electron chi connectivity index (χ1n) is 5.56. The molecule has 1 rings (SSSR count). The van der Waals surface area contributed by atoms with Crippen molar-refractivity contribution >= 4 is 21.8 Å². The Morgan fingerprint density at radius 1 is 1.60 bits per heavy atom. The Hall–Kier alpha value is -0.0900. The third-order valence-corrected chi connectivity index (χ3v) is 3.63. The molecular formula is C11H20BrNO2. The van der Waals surface area contributed by atoms with Crippen molar-refractivity contribution in [2.45, 2.75) is 31.0 Å². The lowest BCUT2D eigenvalue weighted by molar-refractivity contribution is -0.125. The van der Waals surface area contributed by atoms with E-state index in [-0.39, 0.29) is 16.7 Å². The molecule has 1 saturated carbocycles. The highest BCUT2D eigenvalue weighted by Gasteiger charge is 2.29. The Balaban J connectivity index is 2.23. The van der Waals surface area contributed by atoms with Crippen molar-refractivity contribution in [1.29, 1.82) is 0 Å². The van der Waals surface area contributed by atoms with Crippen LogP contribution in [-0.2, 0) is 9.53 Å². The van der Waals surface area contributed by atoms with Gasteiger partial charge in [0.25, 0.3) is 0 Å². The predicted octanol–water partition coefficient (Wildman–Crippen LogP) is 1.95. The average Bonchev–Trinajstić information content (AvgIpc) is 2.61. The molecule has 3 nitrogen and oxygen atoms in total. The zero-order chi connectivity index (χ0) is 11.3. The SMILES string of the molecule is COCC(Br)CNC(=O)C1CCCC1C. The molecule has 15 heavy (non-hydrogen) atoms. The Morgan fingerprint density at radius 2 is 2.33 bits per heavy atom. The van der Waals surface area contributed by atoms with Crippen LogP contribution in [0.3, 0.4) is 0 Å². The molecule has 0 radical (unpaired) electrons. The molecule has 88 valence electrons. The van der Waals surface area contributed by atoms with Crippen molar-refractivity contribution in [1.82, 2.24) is 5.32 Å². The number of nitrogens with one attached hydrogen (secondary N) is 1. The summed E-state index contributed by atoms with van der Waals surface area (Å²) in [7, 11) is 1.66. The summed E-state index contributed by atoms with van der Waals surface area (Å²) in [4.78, 5) is 12.0. The van der Waals surface area contributed by atoms with Crippen LogP contribution in [0.25, 0.3) is 0 Å². The fraction of sp³-hybridized carbons (Fsp3) is 0.909. The van der Waals surface area contributed by atoms with Crippen molar-refractivity contribution in [2.24, 2.45) is 11.8 Å². The first kappa shape index (κ1) is 13.0. The first-order chi connectivity index (χ1) is 7.15. The predicted molar refractivity (Wildman–Crippen MR) is 64.1 cm³/mol. The zero-order valence-corrected chi connectivity index (χ0v) is 11.0. The van der Waals surface area contributed by atoms with Gasteiger partial charge in [-0.3, -0.25) is 4.79 Å². The van der Waals surface area contributed by atoms with Crippen molar-refractivity contribution in [2.75, 3.05) is 20.3 Å². The lowest BCUT2D eigenvalue weighted by Gasteiger charge is -2.16. The van der Waals surface area contributed by atoms with Gasteiger partial charge >= 0.3 is 0 Å². The highest BCUT2D eigenvalue weighted by atomic mass is 79.9. The third kappa shape index (κ3) is 4.11. The van der Waals surface area contributed by atoms with Crippen molar-refractivity contribution in [3.63, 3.8) is 0 Å². The monoisotopic (exact) mass is 277 g/mol. The number of alkyl halides is 1. The van der Waals surface area contributed by atoms with Crippen LogP contribution in [0, 0.1) is 11.8 Å². The van der Waals surface area contributed by atoms with Crippen LogP contribution < -0.4 is 5.32 Å². The summed E-state index contributed by atoms with van der Waals surface area (Å²) in [6.07, 6.45) is 3.42. The quantitative estimate of drug-likeness (QED) is 0.781. The van der Waals surface area contributed by atoms with Crippen LogP contribution in [0.2, 0.25) is 0 Å². The van der Waals surface area contributed by atoms with E-state index >= 15 is 0 Å².